The fourth-order valence-corrected chi connectivity index (χ4v) is 5.34. The van der Waals surface area contributed by atoms with Crippen molar-refractivity contribution in [2.24, 2.45) is 13.0 Å². The Morgan fingerprint density at radius 2 is 1.73 bits per heavy atom. The van der Waals surface area contributed by atoms with Crippen LogP contribution in [0.15, 0.2) is 34.1 Å². The molecule has 1 aliphatic heterocycles. The van der Waals surface area contributed by atoms with Crippen molar-refractivity contribution in [3.8, 4) is 11.5 Å². The van der Waals surface area contributed by atoms with E-state index >= 15 is 0 Å². The predicted molar refractivity (Wildman–Crippen MR) is 143 cm³/mol. The van der Waals surface area contributed by atoms with Gasteiger partial charge in [0.15, 0.2) is 17.1 Å². The fraction of sp³-hybridized carbons (Fsp3) is 0.481. The largest absolute Gasteiger partial charge is 0.493 e. The normalized spacial score (nSPS) is 15.5. The van der Waals surface area contributed by atoms with Gasteiger partial charge in [0, 0.05) is 36.9 Å². The van der Waals surface area contributed by atoms with E-state index in [1.54, 1.807) is 18.8 Å². The summed E-state index contributed by atoms with van der Waals surface area (Å²) >= 11 is 0. The molecular formula is C27H34N6O4. The van der Waals surface area contributed by atoms with Crippen molar-refractivity contribution < 1.29 is 9.47 Å². The lowest BCUT2D eigenvalue weighted by Crippen LogP contribution is -2.38. The van der Waals surface area contributed by atoms with Gasteiger partial charge in [-0.15, -0.1) is 0 Å². The second kappa shape index (κ2) is 10.0. The van der Waals surface area contributed by atoms with Crippen LogP contribution < -0.4 is 20.7 Å². The molecule has 10 nitrogen and oxygen atoms in total. The topological polar surface area (TPSA) is 107 Å². The number of likely N-dealkylation sites (tertiary alicyclic amines) is 1. The number of rotatable bonds is 7. The summed E-state index contributed by atoms with van der Waals surface area (Å²) in [5.41, 5.74) is 0.952. The lowest BCUT2D eigenvalue weighted by atomic mass is 9.97. The molecule has 4 aromatic rings. The van der Waals surface area contributed by atoms with Gasteiger partial charge in [-0.3, -0.25) is 23.8 Å². The van der Waals surface area contributed by atoms with Crippen molar-refractivity contribution in [2.75, 3.05) is 27.3 Å². The number of benzene rings is 1. The zero-order valence-corrected chi connectivity index (χ0v) is 22.1. The molecule has 196 valence electrons. The SMILES string of the molecule is COc1cc2cncc(C(c3nc4c([nH]3)c(=O)n(C)c(=O)n4CC(C)C)N3CCCCC3)c2cc1OC. The lowest BCUT2D eigenvalue weighted by Gasteiger charge is -2.34. The molecule has 37 heavy (non-hydrogen) atoms. The van der Waals surface area contributed by atoms with Gasteiger partial charge in [-0.25, -0.2) is 9.78 Å². The minimum atomic E-state index is -0.376. The number of methoxy groups -OCH3 is 2. The maximum Gasteiger partial charge on any atom is 0.332 e. The first-order valence-electron chi connectivity index (χ1n) is 12.8. The summed E-state index contributed by atoms with van der Waals surface area (Å²) in [4.78, 5) is 41.3. The number of hydrogen-bond acceptors (Lipinski definition) is 7. The molecule has 5 rings (SSSR count). The first-order chi connectivity index (χ1) is 17.8. The number of hydrogen-bond donors (Lipinski definition) is 1. The average molecular weight is 507 g/mol. The van der Waals surface area contributed by atoms with E-state index < -0.39 is 0 Å². The van der Waals surface area contributed by atoms with Gasteiger partial charge in [0.2, 0.25) is 0 Å². The Labute approximate surface area is 214 Å². The zero-order chi connectivity index (χ0) is 26.3. The van der Waals surface area contributed by atoms with E-state index in [1.807, 2.05) is 38.4 Å². The third-order valence-corrected chi connectivity index (χ3v) is 7.15. The fourth-order valence-electron chi connectivity index (χ4n) is 5.34. The van der Waals surface area contributed by atoms with E-state index in [-0.39, 0.29) is 23.2 Å². The van der Waals surface area contributed by atoms with Crippen LogP contribution in [-0.4, -0.2) is 56.3 Å². The van der Waals surface area contributed by atoms with Crippen LogP contribution in [0.2, 0.25) is 0 Å². The van der Waals surface area contributed by atoms with E-state index in [2.05, 4.69) is 14.9 Å². The van der Waals surface area contributed by atoms with Gasteiger partial charge in [-0.1, -0.05) is 20.3 Å². The van der Waals surface area contributed by atoms with Crippen LogP contribution in [-0.2, 0) is 13.6 Å². The molecular weight excluding hydrogens is 472 g/mol. The van der Waals surface area contributed by atoms with E-state index in [0.717, 1.165) is 46.8 Å². The number of pyridine rings is 1. The van der Waals surface area contributed by atoms with Crippen molar-refractivity contribution in [1.82, 2.24) is 29.0 Å². The smallest absolute Gasteiger partial charge is 0.332 e. The summed E-state index contributed by atoms with van der Waals surface area (Å²) in [6, 6.07) is 3.61. The van der Waals surface area contributed by atoms with Crippen LogP contribution in [0.4, 0.5) is 0 Å². The van der Waals surface area contributed by atoms with Gasteiger partial charge in [-0.2, -0.15) is 0 Å². The number of nitrogens with zero attached hydrogens (tertiary/aromatic N) is 5. The molecule has 0 saturated carbocycles. The van der Waals surface area contributed by atoms with Crippen molar-refractivity contribution in [1.29, 1.82) is 0 Å². The van der Waals surface area contributed by atoms with Gasteiger partial charge in [0.25, 0.3) is 5.56 Å². The Bertz CT molecular complexity index is 1560. The standard InChI is InChI=1S/C27H34N6O4/c1-16(2)15-33-25-22(26(34)31(3)27(33)35)29-24(30-25)23(32-9-7-6-8-10-32)19-14-28-13-17-11-20(36-4)21(37-5)12-18(17)19/h11-14,16,23H,6-10,15H2,1-5H3,(H,29,30). The lowest BCUT2D eigenvalue weighted by molar-refractivity contribution is 0.183. The van der Waals surface area contributed by atoms with Gasteiger partial charge in [0.05, 0.1) is 20.3 Å². The number of aromatic nitrogens is 5. The highest BCUT2D eigenvalue weighted by atomic mass is 16.5. The number of nitrogens with one attached hydrogen (secondary N) is 1. The first-order valence-corrected chi connectivity index (χ1v) is 12.8. The van der Waals surface area contributed by atoms with Gasteiger partial charge < -0.3 is 14.5 Å². The van der Waals surface area contributed by atoms with Crippen molar-refractivity contribution in [3.05, 3.63) is 56.8 Å². The highest BCUT2D eigenvalue weighted by Crippen LogP contribution is 2.38. The van der Waals surface area contributed by atoms with Crippen molar-refractivity contribution in [2.45, 2.75) is 45.7 Å². The summed E-state index contributed by atoms with van der Waals surface area (Å²) in [5.74, 6) is 2.10. The molecule has 1 aromatic carbocycles. The highest BCUT2D eigenvalue weighted by Gasteiger charge is 2.30. The van der Waals surface area contributed by atoms with Crippen LogP contribution in [0.1, 0.15) is 50.5 Å². The first kappa shape index (κ1) is 25.0. The molecule has 1 atom stereocenters. The summed E-state index contributed by atoms with van der Waals surface area (Å²) in [6.45, 7) is 6.33. The second-order valence-electron chi connectivity index (χ2n) is 10.1. The summed E-state index contributed by atoms with van der Waals surface area (Å²) in [6.07, 6.45) is 7.00. The molecule has 1 N–H and O–H groups in total. The minimum absolute atomic E-state index is 0.209. The molecule has 0 amide bonds. The third kappa shape index (κ3) is 4.39. The molecule has 10 heteroatoms. The number of piperidine rings is 1. The van der Waals surface area contributed by atoms with Crippen LogP contribution in [0, 0.1) is 5.92 Å². The number of ether oxygens (including phenoxy) is 2. The number of fused-ring (bicyclic) bond motifs is 2. The van der Waals surface area contributed by atoms with Gasteiger partial charge in [-0.05, 0) is 49.4 Å². The Hall–Kier alpha value is -3.66. The van der Waals surface area contributed by atoms with E-state index in [1.165, 1.54) is 13.5 Å². The summed E-state index contributed by atoms with van der Waals surface area (Å²) < 4.78 is 13.9. The molecule has 1 fully saturated rings. The second-order valence-corrected chi connectivity index (χ2v) is 10.1. The van der Waals surface area contributed by atoms with Crippen LogP contribution >= 0.6 is 0 Å². The predicted octanol–water partition coefficient (Wildman–Crippen LogP) is 3.22. The zero-order valence-electron chi connectivity index (χ0n) is 22.1. The number of aromatic amines is 1. The van der Waals surface area contributed by atoms with E-state index in [0.29, 0.717) is 35.0 Å². The maximum atomic E-state index is 13.1. The Morgan fingerprint density at radius 1 is 1.03 bits per heavy atom. The monoisotopic (exact) mass is 506 g/mol. The van der Waals surface area contributed by atoms with Crippen LogP contribution in [0.3, 0.4) is 0 Å². The van der Waals surface area contributed by atoms with Gasteiger partial charge >= 0.3 is 5.69 Å². The maximum absolute atomic E-state index is 13.1. The van der Waals surface area contributed by atoms with E-state index in [9.17, 15) is 9.59 Å². The molecule has 3 aromatic heterocycles. The molecule has 4 heterocycles. The third-order valence-electron chi connectivity index (χ3n) is 7.15. The molecule has 1 aliphatic rings. The summed E-state index contributed by atoms with van der Waals surface area (Å²) in [7, 11) is 4.75. The molecule has 0 bridgehead atoms. The Balaban J connectivity index is 1.78. The number of H-pyrrole nitrogens is 1. The molecule has 0 spiro atoms. The molecule has 1 saturated heterocycles. The van der Waals surface area contributed by atoms with Crippen molar-refractivity contribution >= 4 is 21.9 Å². The van der Waals surface area contributed by atoms with Crippen LogP contribution in [0.25, 0.3) is 21.9 Å². The average Bonchev–Trinajstić information content (AvgIpc) is 3.34. The number of imidazole rings is 1. The van der Waals surface area contributed by atoms with Crippen LogP contribution in [0.5, 0.6) is 11.5 Å². The summed E-state index contributed by atoms with van der Waals surface area (Å²) in [5, 5.41) is 1.89. The molecule has 0 aliphatic carbocycles. The quantitative estimate of drug-likeness (QED) is 0.410. The van der Waals surface area contributed by atoms with Gasteiger partial charge in [0.1, 0.15) is 11.3 Å². The minimum Gasteiger partial charge on any atom is -0.493 e. The Morgan fingerprint density at radius 3 is 2.41 bits per heavy atom. The molecule has 1 unspecified atom stereocenters. The Kier molecular flexibility index (Phi) is 6.76. The molecule has 0 radical (unpaired) electrons. The van der Waals surface area contributed by atoms with E-state index in [4.69, 9.17) is 14.5 Å². The van der Waals surface area contributed by atoms with Crippen molar-refractivity contribution in [3.63, 3.8) is 0 Å². The highest BCUT2D eigenvalue weighted by molar-refractivity contribution is 5.89.